The van der Waals surface area contributed by atoms with E-state index < -0.39 is 6.16 Å². The van der Waals surface area contributed by atoms with Crippen LogP contribution in [0.3, 0.4) is 0 Å². The molecule has 0 saturated heterocycles. The zero-order valence-electron chi connectivity index (χ0n) is 19.5. The van der Waals surface area contributed by atoms with Crippen LogP contribution in [0.4, 0.5) is 9.18 Å². The Morgan fingerprint density at radius 2 is 1.91 bits per heavy atom. The summed E-state index contributed by atoms with van der Waals surface area (Å²) >= 11 is 0. The van der Waals surface area contributed by atoms with E-state index in [4.69, 9.17) is 19.0 Å². The monoisotopic (exact) mass is 480 g/mol. The Bertz CT molecular complexity index is 1220. The van der Waals surface area contributed by atoms with E-state index in [0.29, 0.717) is 36.4 Å². The fourth-order valence-corrected chi connectivity index (χ4v) is 3.97. The van der Waals surface area contributed by atoms with Crippen molar-refractivity contribution in [3.63, 3.8) is 0 Å². The van der Waals surface area contributed by atoms with Crippen molar-refractivity contribution in [3.05, 3.63) is 77.2 Å². The van der Waals surface area contributed by atoms with Crippen LogP contribution in [0.5, 0.6) is 11.6 Å². The summed E-state index contributed by atoms with van der Waals surface area (Å²) < 4.78 is 30.4. The fraction of sp³-hybridized carbons (Fsp3) is 0.269. The maximum absolute atomic E-state index is 14.7. The van der Waals surface area contributed by atoms with Crippen molar-refractivity contribution >= 4 is 12.1 Å². The van der Waals surface area contributed by atoms with Crippen LogP contribution in [-0.4, -0.2) is 42.4 Å². The summed E-state index contributed by atoms with van der Waals surface area (Å²) in [5.41, 5.74) is 3.47. The minimum absolute atomic E-state index is 0.110. The van der Waals surface area contributed by atoms with Crippen LogP contribution in [0.25, 0.3) is 11.1 Å². The summed E-state index contributed by atoms with van der Waals surface area (Å²) in [6, 6.07) is 13.5. The maximum atomic E-state index is 14.7. The second kappa shape index (κ2) is 11.0. The number of hydroxylamine groups is 2. The van der Waals surface area contributed by atoms with E-state index in [2.05, 4.69) is 4.98 Å². The molecule has 1 aromatic heterocycles. The van der Waals surface area contributed by atoms with Crippen molar-refractivity contribution in [2.75, 3.05) is 20.3 Å². The number of benzene rings is 2. The molecule has 0 aliphatic carbocycles. The Balaban J connectivity index is 1.61. The van der Waals surface area contributed by atoms with Gasteiger partial charge in [-0.3, -0.25) is 4.79 Å². The van der Waals surface area contributed by atoms with E-state index in [-0.39, 0.29) is 30.6 Å². The first-order valence-corrected chi connectivity index (χ1v) is 11.2. The molecule has 0 saturated carbocycles. The van der Waals surface area contributed by atoms with Gasteiger partial charge in [0.05, 0.1) is 26.7 Å². The summed E-state index contributed by atoms with van der Waals surface area (Å²) in [6.07, 6.45) is 1.03. The highest BCUT2D eigenvalue weighted by Crippen LogP contribution is 2.38. The summed E-state index contributed by atoms with van der Waals surface area (Å²) in [7, 11) is 1.34. The molecule has 182 valence electrons. The lowest BCUT2D eigenvalue weighted by Crippen LogP contribution is -2.34. The predicted molar refractivity (Wildman–Crippen MR) is 124 cm³/mol. The van der Waals surface area contributed by atoms with Crippen molar-refractivity contribution in [2.24, 2.45) is 0 Å². The van der Waals surface area contributed by atoms with E-state index in [1.54, 1.807) is 30.3 Å². The number of methoxy groups -OCH3 is 1. The van der Waals surface area contributed by atoms with Crippen LogP contribution in [-0.2, 0) is 33.8 Å². The largest absolute Gasteiger partial charge is 0.534 e. The quantitative estimate of drug-likeness (QED) is 0.457. The smallest absolute Gasteiger partial charge is 0.493 e. The third-order valence-electron chi connectivity index (χ3n) is 5.56. The number of hydrogen-bond acceptors (Lipinski definition) is 8. The first-order valence-electron chi connectivity index (χ1n) is 11.2. The molecular formula is C26H25FN2O6. The molecule has 0 fully saturated rings. The van der Waals surface area contributed by atoms with Crippen molar-refractivity contribution in [3.8, 4) is 22.8 Å². The SMILES string of the molecule is CCOc1cc(CC(=O)OC)ccc1-c1ccc(F)c2c1CN(OC(=O)Oc1ccccn1)CC2. The summed E-state index contributed by atoms with van der Waals surface area (Å²) in [6.45, 7) is 2.74. The number of hydrogen-bond donors (Lipinski definition) is 0. The topological polar surface area (TPSA) is 87.2 Å². The van der Waals surface area contributed by atoms with Crippen molar-refractivity contribution < 1.29 is 33.0 Å². The first kappa shape index (κ1) is 24.2. The molecule has 1 aliphatic heterocycles. The number of pyridine rings is 1. The van der Waals surface area contributed by atoms with Gasteiger partial charge in [-0.25, -0.2) is 14.2 Å². The van der Waals surface area contributed by atoms with Crippen LogP contribution in [0.1, 0.15) is 23.6 Å². The Hall–Kier alpha value is -3.98. The molecule has 9 heteroatoms. The lowest BCUT2D eigenvalue weighted by molar-refractivity contribution is -0.139. The summed E-state index contributed by atoms with van der Waals surface area (Å²) in [4.78, 5) is 33.3. The summed E-state index contributed by atoms with van der Waals surface area (Å²) in [5, 5.41) is 1.43. The molecule has 2 aromatic carbocycles. The predicted octanol–water partition coefficient (Wildman–Crippen LogP) is 4.49. The molecule has 1 aliphatic rings. The normalized spacial score (nSPS) is 13.0. The average molecular weight is 480 g/mol. The van der Waals surface area contributed by atoms with Crippen LogP contribution in [0.2, 0.25) is 0 Å². The first-order chi connectivity index (χ1) is 17.0. The zero-order chi connectivity index (χ0) is 24.8. The molecule has 0 radical (unpaired) electrons. The van der Waals surface area contributed by atoms with Crippen molar-refractivity contribution in [1.29, 1.82) is 0 Å². The van der Waals surface area contributed by atoms with E-state index in [1.807, 2.05) is 19.1 Å². The van der Waals surface area contributed by atoms with E-state index in [9.17, 15) is 14.0 Å². The highest BCUT2D eigenvalue weighted by Gasteiger charge is 2.27. The number of fused-ring (bicyclic) bond motifs is 1. The van der Waals surface area contributed by atoms with Gasteiger partial charge in [0.25, 0.3) is 0 Å². The molecule has 2 heterocycles. The molecule has 0 N–H and O–H groups in total. The standard InChI is InChI=1S/C26H25FN2O6/c1-3-33-23-14-17(15-25(30)32-2)7-8-20(23)18-9-10-22(27)19-11-13-29(16-21(18)19)35-26(31)34-24-6-4-5-12-28-24/h4-10,12,14H,3,11,13,15-16H2,1-2H3. The van der Waals surface area contributed by atoms with Crippen molar-refractivity contribution in [1.82, 2.24) is 10.0 Å². The van der Waals surface area contributed by atoms with Crippen LogP contribution >= 0.6 is 0 Å². The van der Waals surface area contributed by atoms with Gasteiger partial charge in [0.2, 0.25) is 5.88 Å². The van der Waals surface area contributed by atoms with Crippen molar-refractivity contribution in [2.45, 2.75) is 26.3 Å². The number of carbonyl (C=O) groups is 2. The van der Waals surface area contributed by atoms with Gasteiger partial charge in [0.1, 0.15) is 11.6 Å². The molecule has 3 aromatic rings. The lowest BCUT2D eigenvalue weighted by Gasteiger charge is -2.29. The summed E-state index contributed by atoms with van der Waals surface area (Å²) in [5.74, 6) is 0.00910. The van der Waals surface area contributed by atoms with Crippen LogP contribution < -0.4 is 9.47 Å². The fourth-order valence-electron chi connectivity index (χ4n) is 3.97. The number of ether oxygens (including phenoxy) is 3. The molecular weight excluding hydrogens is 455 g/mol. The Labute approximate surface area is 202 Å². The Kier molecular flexibility index (Phi) is 7.57. The van der Waals surface area contributed by atoms with Crippen LogP contribution in [0, 0.1) is 5.82 Å². The molecule has 0 bridgehead atoms. The number of halogens is 1. The molecule has 0 atom stereocenters. The third kappa shape index (κ3) is 5.75. The highest BCUT2D eigenvalue weighted by molar-refractivity contribution is 5.77. The number of carbonyl (C=O) groups excluding carboxylic acids is 2. The number of nitrogens with zero attached hydrogens (tertiary/aromatic N) is 2. The van der Waals surface area contributed by atoms with Gasteiger partial charge in [-0.15, -0.1) is 5.06 Å². The van der Waals surface area contributed by atoms with E-state index in [1.165, 1.54) is 24.4 Å². The Morgan fingerprint density at radius 3 is 2.66 bits per heavy atom. The van der Waals surface area contributed by atoms with Gasteiger partial charge in [-0.1, -0.05) is 24.3 Å². The number of rotatable bonds is 7. The molecule has 0 unspecified atom stereocenters. The number of esters is 1. The van der Waals surface area contributed by atoms with E-state index >= 15 is 0 Å². The van der Waals surface area contributed by atoms with E-state index in [0.717, 1.165) is 16.7 Å². The number of aromatic nitrogens is 1. The zero-order valence-corrected chi connectivity index (χ0v) is 19.5. The van der Waals surface area contributed by atoms with Gasteiger partial charge in [-0.05, 0) is 53.8 Å². The second-order valence-corrected chi connectivity index (χ2v) is 7.79. The minimum atomic E-state index is -0.924. The maximum Gasteiger partial charge on any atom is 0.534 e. The molecule has 35 heavy (non-hydrogen) atoms. The second-order valence-electron chi connectivity index (χ2n) is 7.79. The minimum Gasteiger partial charge on any atom is -0.493 e. The van der Waals surface area contributed by atoms with Gasteiger partial charge in [0.15, 0.2) is 0 Å². The Morgan fingerprint density at radius 1 is 1.09 bits per heavy atom. The third-order valence-corrected chi connectivity index (χ3v) is 5.56. The molecule has 8 nitrogen and oxygen atoms in total. The molecule has 0 amide bonds. The van der Waals surface area contributed by atoms with Gasteiger partial charge >= 0.3 is 12.1 Å². The van der Waals surface area contributed by atoms with Crippen LogP contribution in [0.15, 0.2) is 54.7 Å². The van der Waals surface area contributed by atoms with Gasteiger partial charge < -0.3 is 19.0 Å². The lowest BCUT2D eigenvalue weighted by atomic mass is 9.90. The van der Waals surface area contributed by atoms with Gasteiger partial charge in [-0.2, -0.15) is 0 Å². The average Bonchev–Trinajstić information content (AvgIpc) is 2.85. The van der Waals surface area contributed by atoms with Gasteiger partial charge in [0, 0.05) is 24.4 Å². The molecule has 4 rings (SSSR count). The molecule has 0 spiro atoms. The highest BCUT2D eigenvalue weighted by atomic mass is 19.1.